The van der Waals surface area contributed by atoms with Crippen LogP contribution in [0.15, 0.2) is 24.4 Å². The summed E-state index contributed by atoms with van der Waals surface area (Å²) < 4.78 is 0. The van der Waals surface area contributed by atoms with Crippen molar-refractivity contribution in [1.29, 1.82) is 0 Å². The zero-order valence-electron chi connectivity index (χ0n) is 15.1. The van der Waals surface area contributed by atoms with Gasteiger partial charge in [0.15, 0.2) is 0 Å². The summed E-state index contributed by atoms with van der Waals surface area (Å²) in [4.78, 5) is 25.8. The summed E-state index contributed by atoms with van der Waals surface area (Å²) in [6, 6.07) is 6.25. The molecule has 0 atom stereocenters. The van der Waals surface area contributed by atoms with Gasteiger partial charge in [0.25, 0.3) is 0 Å². The molecule has 4 rings (SSSR count). The van der Waals surface area contributed by atoms with Crippen molar-refractivity contribution in [2.24, 2.45) is 5.92 Å². The van der Waals surface area contributed by atoms with Crippen LogP contribution < -0.4 is 4.90 Å². The Hall–Kier alpha value is -2.43. The molecule has 0 unspecified atom stereocenters. The van der Waals surface area contributed by atoms with Crippen LogP contribution in [0.2, 0.25) is 0 Å². The molecule has 0 saturated carbocycles. The van der Waals surface area contributed by atoms with Gasteiger partial charge in [0, 0.05) is 55.2 Å². The zero-order valence-corrected chi connectivity index (χ0v) is 15.1. The Morgan fingerprint density at radius 2 is 1.96 bits per heavy atom. The summed E-state index contributed by atoms with van der Waals surface area (Å²) in [5.74, 6) is 0.700. The van der Waals surface area contributed by atoms with Gasteiger partial charge in [0.05, 0.1) is 12.2 Å². The fourth-order valence-electron chi connectivity index (χ4n) is 3.90. The fraction of sp³-hybridized carbons (Fsp3) is 0.450. The van der Waals surface area contributed by atoms with E-state index in [0.29, 0.717) is 25.4 Å². The highest BCUT2D eigenvalue weighted by Crippen LogP contribution is 2.30. The monoisotopic (exact) mass is 336 g/mol. The first-order valence-corrected chi connectivity index (χ1v) is 8.91. The van der Waals surface area contributed by atoms with E-state index < -0.39 is 0 Å². The smallest absolute Gasteiger partial charge is 0.223 e. The van der Waals surface area contributed by atoms with E-state index in [2.05, 4.69) is 33.9 Å². The molecule has 0 spiro atoms. The predicted molar refractivity (Wildman–Crippen MR) is 97.3 cm³/mol. The van der Waals surface area contributed by atoms with Crippen molar-refractivity contribution in [3.05, 3.63) is 52.6 Å². The normalized spacial score (nSPS) is 16.8. The van der Waals surface area contributed by atoms with Crippen molar-refractivity contribution in [3.63, 3.8) is 0 Å². The molecular formula is C20H24N4O. The maximum Gasteiger partial charge on any atom is 0.223 e. The second kappa shape index (κ2) is 6.14. The van der Waals surface area contributed by atoms with Crippen molar-refractivity contribution in [2.75, 3.05) is 18.0 Å². The summed E-state index contributed by atoms with van der Waals surface area (Å²) in [5, 5.41) is 0. The van der Waals surface area contributed by atoms with Gasteiger partial charge in [-0.2, -0.15) is 0 Å². The number of anilines is 1. The van der Waals surface area contributed by atoms with Crippen molar-refractivity contribution < 1.29 is 4.79 Å². The number of aryl methyl sites for hydroxylation is 3. The molecule has 2 aromatic heterocycles. The number of carbonyl (C=O) groups excluding carboxylic acids is 1. The first kappa shape index (κ1) is 16.1. The lowest BCUT2D eigenvalue weighted by atomic mass is 9.95. The molecule has 4 heterocycles. The van der Waals surface area contributed by atoms with Crippen molar-refractivity contribution in [1.82, 2.24) is 14.9 Å². The van der Waals surface area contributed by atoms with E-state index in [0.717, 1.165) is 30.2 Å². The van der Waals surface area contributed by atoms with Gasteiger partial charge >= 0.3 is 0 Å². The third kappa shape index (κ3) is 3.11. The molecule has 0 N–H and O–H groups in total. The highest BCUT2D eigenvalue weighted by Gasteiger charge is 2.32. The maximum atomic E-state index is 12.7. The van der Waals surface area contributed by atoms with E-state index in [1.807, 2.05) is 31.0 Å². The minimum Gasteiger partial charge on any atom is -0.371 e. The third-order valence-electron chi connectivity index (χ3n) is 5.27. The standard InChI is InChI=1S/C20H24N4O/c1-13-6-15(3)22-19-12-24(11-18(13)19)20(25)8-16-9-23(10-16)17-4-5-21-14(2)7-17/h4-7,16H,8-12H2,1-3H3. The van der Waals surface area contributed by atoms with E-state index in [9.17, 15) is 4.79 Å². The van der Waals surface area contributed by atoms with Crippen LogP contribution in [0.1, 0.15) is 34.6 Å². The summed E-state index contributed by atoms with van der Waals surface area (Å²) in [5.41, 5.74) is 6.84. The highest BCUT2D eigenvalue weighted by molar-refractivity contribution is 5.77. The number of amides is 1. The van der Waals surface area contributed by atoms with Crippen LogP contribution in [0.3, 0.4) is 0 Å². The lowest BCUT2D eigenvalue weighted by molar-refractivity contribution is -0.133. The molecule has 0 bridgehead atoms. The number of nitrogens with zero attached hydrogens (tertiary/aromatic N) is 4. The Morgan fingerprint density at radius 1 is 1.16 bits per heavy atom. The number of pyridine rings is 2. The van der Waals surface area contributed by atoms with Crippen LogP contribution in [0.4, 0.5) is 5.69 Å². The Labute approximate surface area is 148 Å². The molecule has 0 aromatic carbocycles. The lowest BCUT2D eigenvalue weighted by Crippen LogP contribution is -2.48. The first-order chi connectivity index (χ1) is 12.0. The van der Waals surface area contributed by atoms with E-state index in [-0.39, 0.29) is 5.91 Å². The predicted octanol–water partition coefficient (Wildman–Crippen LogP) is 2.77. The minimum absolute atomic E-state index is 0.255. The van der Waals surface area contributed by atoms with Gasteiger partial charge in [0.2, 0.25) is 5.91 Å². The summed E-state index contributed by atoms with van der Waals surface area (Å²) in [7, 11) is 0. The Kier molecular flexibility index (Phi) is 3.94. The van der Waals surface area contributed by atoms with E-state index in [1.165, 1.54) is 16.8 Å². The molecule has 1 amide bonds. The Balaban J connectivity index is 1.33. The third-order valence-corrected chi connectivity index (χ3v) is 5.27. The summed E-state index contributed by atoms with van der Waals surface area (Å²) in [6.07, 6.45) is 2.48. The molecule has 0 radical (unpaired) electrons. The second-order valence-electron chi connectivity index (χ2n) is 7.39. The van der Waals surface area contributed by atoms with Crippen molar-refractivity contribution >= 4 is 11.6 Å². The first-order valence-electron chi connectivity index (χ1n) is 8.91. The van der Waals surface area contributed by atoms with Crippen molar-refractivity contribution in [2.45, 2.75) is 40.3 Å². The molecule has 5 nitrogen and oxygen atoms in total. The van der Waals surface area contributed by atoms with Crippen LogP contribution in [-0.2, 0) is 17.9 Å². The molecule has 2 aliphatic heterocycles. The van der Waals surface area contributed by atoms with Gasteiger partial charge in [0.1, 0.15) is 0 Å². The van der Waals surface area contributed by atoms with Gasteiger partial charge in [-0.05, 0) is 50.1 Å². The molecule has 5 heteroatoms. The number of hydrogen-bond donors (Lipinski definition) is 0. The van der Waals surface area contributed by atoms with Crippen LogP contribution in [0.25, 0.3) is 0 Å². The quantitative estimate of drug-likeness (QED) is 0.865. The molecule has 1 saturated heterocycles. The molecule has 130 valence electrons. The summed E-state index contributed by atoms with van der Waals surface area (Å²) >= 11 is 0. The van der Waals surface area contributed by atoms with Gasteiger partial charge < -0.3 is 9.80 Å². The topological polar surface area (TPSA) is 49.3 Å². The zero-order chi connectivity index (χ0) is 17.6. The Bertz CT molecular complexity index is 826. The molecule has 2 aliphatic rings. The van der Waals surface area contributed by atoms with Crippen LogP contribution in [0, 0.1) is 26.7 Å². The van der Waals surface area contributed by atoms with Gasteiger partial charge in [-0.25, -0.2) is 0 Å². The fourth-order valence-corrected chi connectivity index (χ4v) is 3.90. The van der Waals surface area contributed by atoms with Crippen molar-refractivity contribution in [3.8, 4) is 0 Å². The van der Waals surface area contributed by atoms with Gasteiger partial charge in [-0.1, -0.05) is 0 Å². The minimum atomic E-state index is 0.255. The van der Waals surface area contributed by atoms with Crippen LogP contribution >= 0.6 is 0 Å². The van der Waals surface area contributed by atoms with Crippen LogP contribution in [0.5, 0.6) is 0 Å². The SMILES string of the molecule is Cc1cc(N2CC(CC(=O)N3Cc4nc(C)cc(C)c4C3)C2)ccn1. The largest absolute Gasteiger partial charge is 0.371 e. The maximum absolute atomic E-state index is 12.7. The number of carbonyl (C=O) groups is 1. The molecule has 25 heavy (non-hydrogen) atoms. The lowest BCUT2D eigenvalue weighted by Gasteiger charge is -2.41. The van der Waals surface area contributed by atoms with Crippen LogP contribution in [-0.4, -0.2) is 33.9 Å². The average Bonchev–Trinajstić information content (AvgIpc) is 2.94. The van der Waals surface area contributed by atoms with E-state index in [4.69, 9.17) is 0 Å². The average molecular weight is 336 g/mol. The van der Waals surface area contributed by atoms with E-state index >= 15 is 0 Å². The summed E-state index contributed by atoms with van der Waals surface area (Å²) in [6.45, 7) is 9.42. The highest BCUT2D eigenvalue weighted by atomic mass is 16.2. The molecule has 2 aromatic rings. The van der Waals surface area contributed by atoms with E-state index in [1.54, 1.807) is 0 Å². The van der Waals surface area contributed by atoms with Gasteiger partial charge in [-0.15, -0.1) is 0 Å². The number of hydrogen-bond acceptors (Lipinski definition) is 4. The second-order valence-corrected chi connectivity index (χ2v) is 7.39. The molecule has 0 aliphatic carbocycles. The Morgan fingerprint density at radius 3 is 2.72 bits per heavy atom. The number of fused-ring (bicyclic) bond motifs is 1. The van der Waals surface area contributed by atoms with Gasteiger partial charge in [-0.3, -0.25) is 14.8 Å². The number of aromatic nitrogens is 2. The molecule has 1 fully saturated rings. The number of rotatable bonds is 3. The molecular weight excluding hydrogens is 312 g/mol.